The van der Waals surface area contributed by atoms with Gasteiger partial charge in [0.25, 0.3) is 17.6 Å². The molecule has 2 aromatic rings. The van der Waals surface area contributed by atoms with Crippen molar-refractivity contribution in [3.05, 3.63) is 24.0 Å². The number of rotatable bonds is 3. The van der Waals surface area contributed by atoms with Gasteiger partial charge in [-0.15, -0.1) is 0 Å². The number of hydrogen-bond acceptors (Lipinski definition) is 6. The topological polar surface area (TPSA) is 103 Å². The summed E-state index contributed by atoms with van der Waals surface area (Å²) in [4.78, 5) is 15.3. The monoisotopic (exact) mass is 248 g/mol. The Bertz CT molecular complexity index is 579. The summed E-state index contributed by atoms with van der Waals surface area (Å²) >= 11 is 0. The van der Waals surface area contributed by atoms with E-state index in [1.54, 1.807) is 25.3 Å². The molecule has 1 aromatic heterocycles. The zero-order chi connectivity index (χ0) is 13.1. The Morgan fingerprint density at radius 2 is 2.28 bits per heavy atom. The van der Waals surface area contributed by atoms with Crippen molar-refractivity contribution in [2.24, 2.45) is 0 Å². The highest BCUT2D eigenvalue weighted by Gasteiger charge is 2.16. The summed E-state index contributed by atoms with van der Waals surface area (Å²) in [6.45, 7) is 0. The third-order valence-electron chi connectivity index (χ3n) is 2.35. The van der Waals surface area contributed by atoms with E-state index in [4.69, 9.17) is 15.0 Å². The van der Waals surface area contributed by atoms with Gasteiger partial charge in [-0.3, -0.25) is 4.79 Å². The second kappa shape index (κ2) is 4.74. The minimum Gasteiger partial charge on any atom is -0.497 e. The van der Waals surface area contributed by atoms with Gasteiger partial charge in [-0.25, -0.2) is 0 Å². The van der Waals surface area contributed by atoms with Gasteiger partial charge in [0.15, 0.2) is 0 Å². The lowest BCUT2D eigenvalue weighted by Crippen LogP contribution is -2.19. The van der Waals surface area contributed by atoms with E-state index in [0.717, 1.165) is 0 Å². The van der Waals surface area contributed by atoms with Gasteiger partial charge in [0.05, 0.1) is 12.7 Å². The molecule has 0 aliphatic carbocycles. The van der Waals surface area contributed by atoms with Crippen LogP contribution in [-0.4, -0.2) is 30.2 Å². The number of hydrogen-bond donors (Lipinski definition) is 2. The van der Waals surface area contributed by atoms with Crippen LogP contribution in [0.25, 0.3) is 11.5 Å². The number of benzene rings is 1. The second-order valence-electron chi connectivity index (χ2n) is 3.46. The average Bonchev–Trinajstić information content (AvgIpc) is 2.87. The molecule has 7 heteroatoms. The van der Waals surface area contributed by atoms with Gasteiger partial charge in [-0.05, 0) is 12.1 Å². The quantitative estimate of drug-likeness (QED) is 0.774. The summed E-state index contributed by atoms with van der Waals surface area (Å²) in [5, 5.41) is 5.97. The molecule has 0 aliphatic heterocycles. The summed E-state index contributed by atoms with van der Waals surface area (Å²) in [6.07, 6.45) is 0. The van der Waals surface area contributed by atoms with Crippen LogP contribution in [-0.2, 0) is 0 Å². The molecule has 0 unspecified atom stereocenters. The fourth-order valence-corrected chi connectivity index (χ4v) is 1.40. The summed E-state index contributed by atoms with van der Waals surface area (Å²) < 4.78 is 10.0. The molecule has 0 fully saturated rings. The van der Waals surface area contributed by atoms with Crippen molar-refractivity contribution in [1.29, 1.82) is 0 Å². The van der Waals surface area contributed by atoms with Crippen molar-refractivity contribution in [3.8, 4) is 17.2 Å². The van der Waals surface area contributed by atoms with Crippen LogP contribution in [0.2, 0.25) is 0 Å². The van der Waals surface area contributed by atoms with E-state index >= 15 is 0 Å². The number of aromatic nitrogens is 2. The van der Waals surface area contributed by atoms with Crippen LogP contribution in [0, 0.1) is 0 Å². The number of nitrogens with zero attached hydrogens (tertiary/aromatic N) is 2. The van der Waals surface area contributed by atoms with Crippen molar-refractivity contribution in [2.45, 2.75) is 0 Å². The first kappa shape index (κ1) is 11.9. The Morgan fingerprint density at radius 3 is 2.89 bits per heavy atom. The van der Waals surface area contributed by atoms with Crippen LogP contribution in [0.3, 0.4) is 0 Å². The first-order chi connectivity index (χ1) is 8.65. The van der Waals surface area contributed by atoms with Gasteiger partial charge in [0.2, 0.25) is 0 Å². The predicted molar refractivity (Wildman–Crippen MR) is 64.1 cm³/mol. The van der Waals surface area contributed by atoms with Crippen LogP contribution in [0.1, 0.15) is 10.6 Å². The molecule has 0 saturated carbocycles. The highest BCUT2D eigenvalue weighted by molar-refractivity contribution is 5.90. The normalized spacial score (nSPS) is 10.1. The molecule has 0 spiro atoms. The van der Waals surface area contributed by atoms with E-state index in [-0.39, 0.29) is 11.7 Å². The predicted octanol–water partition coefficient (Wildman–Crippen LogP) is 0.687. The van der Waals surface area contributed by atoms with Crippen molar-refractivity contribution in [2.75, 3.05) is 19.9 Å². The Balaban J connectivity index is 2.37. The van der Waals surface area contributed by atoms with Crippen LogP contribution in [0.15, 0.2) is 22.7 Å². The fourth-order valence-electron chi connectivity index (χ4n) is 1.40. The standard InChI is InChI=1S/C11H12N4O3/c1-13-10(16)9-14-11(18-15-9)7-4-3-6(17-2)5-8(7)12/h3-5H,12H2,1-2H3,(H,13,16). The number of nitrogens with one attached hydrogen (secondary N) is 1. The van der Waals surface area contributed by atoms with Gasteiger partial charge < -0.3 is 20.3 Å². The van der Waals surface area contributed by atoms with E-state index in [1.165, 1.54) is 7.05 Å². The third-order valence-corrected chi connectivity index (χ3v) is 2.35. The maximum atomic E-state index is 11.3. The number of nitrogen functional groups attached to an aromatic ring is 1. The number of nitrogens with two attached hydrogens (primary N) is 1. The molecule has 0 bridgehead atoms. The minimum absolute atomic E-state index is 0.0391. The molecular weight excluding hydrogens is 236 g/mol. The van der Waals surface area contributed by atoms with Crippen LogP contribution < -0.4 is 15.8 Å². The lowest BCUT2D eigenvalue weighted by atomic mass is 10.1. The number of anilines is 1. The molecule has 2 rings (SSSR count). The fraction of sp³-hybridized carbons (Fsp3) is 0.182. The van der Waals surface area contributed by atoms with E-state index in [0.29, 0.717) is 17.0 Å². The number of ether oxygens (including phenoxy) is 1. The first-order valence-electron chi connectivity index (χ1n) is 5.15. The first-order valence-corrected chi connectivity index (χ1v) is 5.15. The van der Waals surface area contributed by atoms with Gasteiger partial charge in [0, 0.05) is 18.8 Å². The van der Waals surface area contributed by atoms with E-state index in [1.807, 2.05) is 0 Å². The lowest BCUT2D eigenvalue weighted by molar-refractivity contribution is 0.0950. The zero-order valence-electron chi connectivity index (χ0n) is 9.93. The maximum Gasteiger partial charge on any atom is 0.292 e. The van der Waals surface area contributed by atoms with Crippen molar-refractivity contribution in [1.82, 2.24) is 15.5 Å². The van der Waals surface area contributed by atoms with Gasteiger partial charge in [-0.2, -0.15) is 4.98 Å². The molecule has 1 aromatic carbocycles. The second-order valence-corrected chi connectivity index (χ2v) is 3.46. The lowest BCUT2D eigenvalue weighted by Gasteiger charge is -2.03. The van der Waals surface area contributed by atoms with Gasteiger partial charge >= 0.3 is 0 Å². The van der Waals surface area contributed by atoms with Crippen LogP contribution >= 0.6 is 0 Å². The number of amides is 1. The average molecular weight is 248 g/mol. The Hall–Kier alpha value is -2.57. The van der Waals surface area contributed by atoms with Crippen LogP contribution in [0.4, 0.5) is 5.69 Å². The molecule has 0 saturated heterocycles. The molecule has 0 radical (unpaired) electrons. The molecule has 0 aliphatic rings. The number of carbonyl (C=O) groups excluding carboxylic acids is 1. The minimum atomic E-state index is -0.419. The molecule has 0 atom stereocenters. The van der Waals surface area contributed by atoms with E-state index < -0.39 is 5.91 Å². The smallest absolute Gasteiger partial charge is 0.292 e. The molecular formula is C11H12N4O3. The highest BCUT2D eigenvalue weighted by Crippen LogP contribution is 2.27. The molecule has 7 nitrogen and oxygen atoms in total. The molecule has 1 heterocycles. The Kier molecular flexibility index (Phi) is 3.13. The summed E-state index contributed by atoms with van der Waals surface area (Å²) in [5.41, 5.74) is 6.82. The maximum absolute atomic E-state index is 11.3. The Labute approximate surface area is 103 Å². The zero-order valence-corrected chi connectivity index (χ0v) is 9.93. The molecule has 94 valence electrons. The molecule has 18 heavy (non-hydrogen) atoms. The molecule has 3 N–H and O–H groups in total. The highest BCUT2D eigenvalue weighted by atomic mass is 16.5. The van der Waals surface area contributed by atoms with E-state index in [2.05, 4.69) is 15.5 Å². The van der Waals surface area contributed by atoms with Crippen molar-refractivity contribution < 1.29 is 14.1 Å². The number of methoxy groups -OCH3 is 1. The third kappa shape index (κ3) is 2.10. The number of carbonyl (C=O) groups is 1. The molecule has 1 amide bonds. The van der Waals surface area contributed by atoms with Gasteiger partial charge in [0.1, 0.15) is 5.75 Å². The van der Waals surface area contributed by atoms with E-state index in [9.17, 15) is 4.79 Å². The summed E-state index contributed by atoms with van der Waals surface area (Å²) in [5.74, 6) is 0.357. The SMILES string of the molecule is CNC(=O)c1noc(-c2ccc(OC)cc2N)n1. The van der Waals surface area contributed by atoms with Gasteiger partial charge in [-0.1, -0.05) is 5.16 Å². The largest absolute Gasteiger partial charge is 0.497 e. The van der Waals surface area contributed by atoms with Crippen molar-refractivity contribution in [3.63, 3.8) is 0 Å². The van der Waals surface area contributed by atoms with Crippen LogP contribution in [0.5, 0.6) is 5.75 Å². The summed E-state index contributed by atoms with van der Waals surface area (Å²) in [6, 6.07) is 5.05. The Morgan fingerprint density at radius 1 is 1.50 bits per heavy atom. The van der Waals surface area contributed by atoms with Crippen molar-refractivity contribution >= 4 is 11.6 Å². The summed E-state index contributed by atoms with van der Waals surface area (Å²) in [7, 11) is 3.03.